The Morgan fingerprint density at radius 3 is 2.27 bits per heavy atom. The summed E-state index contributed by atoms with van der Waals surface area (Å²) in [5, 5.41) is 0.444. The van der Waals surface area contributed by atoms with Crippen molar-refractivity contribution in [2.45, 2.75) is 25.7 Å². The van der Waals surface area contributed by atoms with Gasteiger partial charge in [0.05, 0.1) is 18.0 Å². The first kappa shape index (κ1) is 22.9. The summed E-state index contributed by atoms with van der Waals surface area (Å²) >= 11 is 6.19. The SMILES string of the molecule is CN(C)/C=C1\CC(=O)N(CCCCC2C(=O)c3ccccc3C2=O)c2cc(Cl)ccc2C1=O. The van der Waals surface area contributed by atoms with E-state index in [-0.39, 0.29) is 29.7 Å². The van der Waals surface area contributed by atoms with Gasteiger partial charge < -0.3 is 9.80 Å². The first-order valence-corrected chi connectivity index (χ1v) is 11.3. The molecular formula is C26H25ClN2O4. The van der Waals surface area contributed by atoms with Gasteiger partial charge in [-0.15, -0.1) is 0 Å². The Hall–Kier alpha value is -3.25. The monoisotopic (exact) mass is 464 g/mol. The molecule has 1 heterocycles. The molecule has 0 N–H and O–H groups in total. The van der Waals surface area contributed by atoms with E-state index in [4.69, 9.17) is 11.6 Å². The highest BCUT2D eigenvalue weighted by Gasteiger charge is 2.37. The number of benzene rings is 2. The fourth-order valence-corrected chi connectivity index (χ4v) is 4.68. The lowest BCUT2D eigenvalue weighted by Gasteiger charge is -2.23. The zero-order chi connectivity index (χ0) is 23.7. The van der Waals surface area contributed by atoms with Crippen molar-refractivity contribution in [3.05, 3.63) is 76.0 Å². The van der Waals surface area contributed by atoms with Crippen molar-refractivity contribution in [2.75, 3.05) is 25.5 Å². The standard InChI is InChI=1S/C26H25ClN2O4/c1-28(2)15-16-13-23(30)29(22-14-17(27)10-11-20(22)24(16)31)12-6-5-9-21-25(32)18-7-3-4-8-19(18)26(21)33/h3-4,7-8,10-11,14-15,21H,5-6,9,12-13H2,1-2H3/b16-15+. The van der Waals surface area contributed by atoms with E-state index in [2.05, 4.69) is 0 Å². The molecule has 1 aliphatic heterocycles. The highest BCUT2D eigenvalue weighted by Crippen LogP contribution is 2.33. The highest BCUT2D eigenvalue weighted by molar-refractivity contribution is 6.31. The fourth-order valence-electron chi connectivity index (χ4n) is 4.52. The Bertz CT molecular complexity index is 1150. The van der Waals surface area contributed by atoms with E-state index in [1.54, 1.807) is 72.6 Å². The molecule has 33 heavy (non-hydrogen) atoms. The number of anilines is 1. The Morgan fingerprint density at radius 1 is 0.970 bits per heavy atom. The molecule has 0 aromatic heterocycles. The van der Waals surface area contributed by atoms with Crippen LogP contribution >= 0.6 is 11.6 Å². The van der Waals surface area contributed by atoms with Gasteiger partial charge in [0.15, 0.2) is 17.3 Å². The predicted molar refractivity (Wildman–Crippen MR) is 127 cm³/mol. The molecule has 170 valence electrons. The lowest BCUT2D eigenvalue weighted by molar-refractivity contribution is -0.117. The third-order valence-electron chi connectivity index (χ3n) is 6.06. The van der Waals surface area contributed by atoms with Gasteiger partial charge in [0.1, 0.15) is 0 Å². The highest BCUT2D eigenvalue weighted by atomic mass is 35.5. The van der Waals surface area contributed by atoms with Gasteiger partial charge in [-0.05, 0) is 31.0 Å². The molecule has 0 bridgehead atoms. The number of amides is 1. The summed E-state index contributed by atoms with van der Waals surface area (Å²) in [6.07, 6.45) is 3.30. The number of Topliss-reactive ketones (excluding diaryl/α,β-unsaturated/α-hetero) is 3. The van der Waals surface area contributed by atoms with Gasteiger partial charge in [-0.1, -0.05) is 42.3 Å². The molecule has 1 amide bonds. The molecule has 4 rings (SSSR count). The van der Waals surface area contributed by atoms with Gasteiger partial charge in [-0.25, -0.2) is 0 Å². The maximum atomic E-state index is 13.1. The van der Waals surface area contributed by atoms with Crippen LogP contribution in [0.2, 0.25) is 5.02 Å². The number of hydrogen-bond donors (Lipinski definition) is 0. The summed E-state index contributed by atoms with van der Waals surface area (Å²) in [4.78, 5) is 54.7. The summed E-state index contributed by atoms with van der Waals surface area (Å²) in [6.45, 7) is 0.372. The Balaban J connectivity index is 1.48. The second-order valence-electron chi connectivity index (χ2n) is 8.65. The van der Waals surface area contributed by atoms with Gasteiger partial charge in [-0.3, -0.25) is 19.2 Å². The van der Waals surface area contributed by atoms with Gasteiger partial charge in [0.25, 0.3) is 0 Å². The lowest BCUT2D eigenvalue weighted by atomic mass is 9.97. The molecule has 0 spiro atoms. The number of hydrogen-bond acceptors (Lipinski definition) is 5. The first-order valence-electron chi connectivity index (χ1n) is 11.0. The van der Waals surface area contributed by atoms with E-state index in [9.17, 15) is 19.2 Å². The number of halogens is 1. The zero-order valence-electron chi connectivity index (χ0n) is 18.6. The maximum absolute atomic E-state index is 13.1. The Labute approximate surface area is 197 Å². The number of carbonyl (C=O) groups excluding carboxylic acids is 4. The molecule has 0 fully saturated rings. The summed E-state index contributed by atoms with van der Waals surface area (Å²) in [5.74, 6) is -1.27. The van der Waals surface area contributed by atoms with Crippen LogP contribution in [-0.4, -0.2) is 48.8 Å². The molecule has 7 heteroatoms. The Morgan fingerprint density at radius 2 is 1.64 bits per heavy atom. The first-order chi connectivity index (χ1) is 15.8. The molecule has 6 nitrogen and oxygen atoms in total. The maximum Gasteiger partial charge on any atom is 0.231 e. The lowest BCUT2D eigenvalue weighted by Crippen LogP contribution is -2.31. The molecule has 1 aliphatic carbocycles. The van der Waals surface area contributed by atoms with Crippen LogP contribution in [0.1, 0.15) is 56.8 Å². The molecule has 2 aliphatic rings. The molecule has 2 aromatic rings. The molecule has 0 saturated carbocycles. The molecule has 0 unspecified atom stereocenters. The van der Waals surface area contributed by atoms with Crippen LogP contribution < -0.4 is 4.90 Å². The average molecular weight is 465 g/mol. The molecule has 0 saturated heterocycles. The quantitative estimate of drug-likeness (QED) is 0.355. The van der Waals surface area contributed by atoms with Crippen LogP contribution in [0.15, 0.2) is 54.2 Å². The molecule has 0 radical (unpaired) electrons. The minimum Gasteiger partial charge on any atom is -0.383 e. The number of ketones is 3. The molecule has 0 atom stereocenters. The summed E-state index contributed by atoms with van der Waals surface area (Å²) in [7, 11) is 3.61. The van der Waals surface area contributed by atoms with Gasteiger partial charge >= 0.3 is 0 Å². The topological polar surface area (TPSA) is 74.8 Å². The van der Waals surface area contributed by atoms with Crippen LogP contribution in [-0.2, 0) is 4.79 Å². The van der Waals surface area contributed by atoms with Crippen molar-refractivity contribution >= 4 is 40.5 Å². The largest absolute Gasteiger partial charge is 0.383 e. The normalized spacial score (nSPS) is 17.4. The van der Waals surface area contributed by atoms with Crippen LogP contribution in [0.5, 0.6) is 0 Å². The summed E-state index contributed by atoms with van der Waals surface area (Å²) < 4.78 is 0. The smallest absolute Gasteiger partial charge is 0.231 e. The van der Waals surface area contributed by atoms with E-state index in [0.717, 1.165) is 0 Å². The third kappa shape index (κ3) is 4.48. The predicted octanol–water partition coefficient (Wildman–Crippen LogP) is 4.57. The van der Waals surface area contributed by atoms with Gasteiger partial charge in [-0.2, -0.15) is 0 Å². The van der Waals surface area contributed by atoms with Crippen molar-refractivity contribution in [3.63, 3.8) is 0 Å². The second-order valence-corrected chi connectivity index (χ2v) is 9.09. The number of rotatable bonds is 6. The molecular weight excluding hydrogens is 440 g/mol. The fraction of sp³-hybridized carbons (Fsp3) is 0.308. The second kappa shape index (κ2) is 9.32. The van der Waals surface area contributed by atoms with Crippen LogP contribution in [0, 0.1) is 5.92 Å². The Kier molecular flexibility index (Phi) is 6.47. The number of fused-ring (bicyclic) bond motifs is 2. The van der Waals surface area contributed by atoms with E-state index in [1.165, 1.54) is 0 Å². The molecule has 2 aromatic carbocycles. The van der Waals surface area contributed by atoms with Crippen molar-refractivity contribution in [2.24, 2.45) is 5.92 Å². The van der Waals surface area contributed by atoms with Gasteiger partial charge in [0, 0.05) is 54.1 Å². The average Bonchev–Trinajstić information content (AvgIpc) is 2.97. The zero-order valence-corrected chi connectivity index (χ0v) is 19.4. The third-order valence-corrected chi connectivity index (χ3v) is 6.29. The summed E-state index contributed by atoms with van der Waals surface area (Å²) in [6, 6.07) is 11.9. The van der Waals surface area contributed by atoms with Crippen molar-refractivity contribution < 1.29 is 19.2 Å². The van der Waals surface area contributed by atoms with Gasteiger partial charge in [0.2, 0.25) is 5.91 Å². The minimum atomic E-state index is -0.653. The minimum absolute atomic E-state index is 0.00177. The van der Waals surface area contributed by atoms with E-state index < -0.39 is 5.92 Å². The van der Waals surface area contributed by atoms with E-state index in [0.29, 0.717) is 58.8 Å². The number of carbonyl (C=O) groups is 4. The van der Waals surface area contributed by atoms with Crippen LogP contribution in [0.25, 0.3) is 0 Å². The number of nitrogens with zero attached hydrogens (tertiary/aromatic N) is 2. The van der Waals surface area contributed by atoms with E-state index in [1.807, 2.05) is 0 Å². The number of unbranched alkanes of at least 4 members (excludes halogenated alkanes) is 1. The van der Waals surface area contributed by atoms with Crippen molar-refractivity contribution in [1.29, 1.82) is 0 Å². The van der Waals surface area contributed by atoms with Crippen LogP contribution in [0.3, 0.4) is 0 Å². The van der Waals surface area contributed by atoms with Crippen molar-refractivity contribution in [3.8, 4) is 0 Å². The van der Waals surface area contributed by atoms with E-state index >= 15 is 0 Å². The van der Waals surface area contributed by atoms with Crippen LogP contribution in [0.4, 0.5) is 5.69 Å². The van der Waals surface area contributed by atoms with Crippen molar-refractivity contribution in [1.82, 2.24) is 4.90 Å². The summed E-state index contributed by atoms with van der Waals surface area (Å²) in [5.41, 5.74) is 2.36.